The van der Waals surface area contributed by atoms with E-state index in [0.717, 1.165) is 30.5 Å². The van der Waals surface area contributed by atoms with Gasteiger partial charge in [-0.2, -0.15) is 0 Å². The van der Waals surface area contributed by atoms with Crippen LogP contribution >= 0.6 is 11.6 Å². The summed E-state index contributed by atoms with van der Waals surface area (Å²) in [5, 5.41) is 4.53. The van der Waals surface area contributed by atoms with Crippen LogP contribution < -0.4 is 5.32 Å². The van der Waals surface area contributed by atoms with Crippen LogP contribution in [0.1, 0.15) is 46.1 Å². The Labute approximate surface area is 130 Å². The third kappa shape index (κ3) is 6.28. The predicted molar refractivity (Wildman–Crippen MR) is 90.4 cm³/mol. The Hall–Kier alpha value is -0.530. The van der Waals surface area contributed by atoms with E-state index in [4.69, 9.17) is 11.6 Å². The van der Waals surface area contributed by atoms with Gasteiger partial charge in [0.1, 0.15) is 0 Å². The molecule has 0 aliphatic carbocycles. The van der Waals surface area contributed by atoms with Crippen LogP contribution in [-0.2, 0) is 6.42 Å². The molecule has 0 saturated heterocycles. The van der Waals surface area contributed by atoms with Gasteiger partial charge in [-0.1, -0.05) is 70.3 Å². The normalized spacial score (nSPS) is 14.5. The Kier molecular flexibility index (Phi) is 8.25. The summed E-state index contributed by atoms with van der Waals surface area (Å²) in [5.41, 5.74) is 1.29. The van der Waals surface area contributed by atoms with Crippen molar-refractivity contribution in [2.24, 2.45) is 17.8 Å². The van der Waals surface area contributed by atoms with Gasteiger partial charge in [0.25, 0.3) is 0 Å². The third-order valence-corrected chi connectivity index (χ3v) is 4.32. The Morgan fingerprint density at radius 2 is 1.80 bits per heavy atom. The minimum atomic E-state index is 0.661. The van der Waals surface area contributed by atoms with Crippen molar-refractivity contribution in [3.8, 4) is 0 Å². The maximum Gasteiger partial charge on any atom is 0.0438 e. The standard InChI is InChI=1S/C18H30ClN/c1-5-8-15(4)17(13-20-12-14(2)3)11-16-9-6-7-10-18(16)19/h6-7,9-10,14-15,17,20H,5,8,11-13H2,1-4H3. The lowest BCUT2D eigenvalue weighted by molar-refractivity contribution is 0.313. The van der Waals surface area contributed by atoms with E-state index in [0.29, 0.717) is 11.8 Å². The van der Waals surface area contributed by atoms with Crippen LogP contribution in [0.3, 0.4) is 0 Å². The zero-order chi connectivity index (χ0) is 15.0. The molecular weight excluding hydrogens is 266 g/mol. The minimum Gasteiger partial charge on any atom is -0.316 e. The van der Waals surface area contributed by atoms with Crippen molar-refractivity contribution in [2.45, 2.75) is 47.0 Å². The van der Waals surface area contributed by atoms with Crippen molar-refractivity contribution < 1.29 is 0 Å². The molecule has 0 aliphatic heterocycles. The molecular formula is C18H30ClN. The van der Waals surface area contributed by atoms with Crippen LogP contribution in [0.25, 0.3) is 0 Å². The summed E-state index contributed by atoms with van der Waals surface area (Å²) in [4.78, 5) is 0. The van der Waals surface area contributed by atoms with Gasteiger partial charge in [-0.05, 0) is 48.9 Å². The second kappa shape index (κ2) is 9.41. The highest BCUT2D eigenvalue weighted by molar-refractivity contribution is 6.31. The van der Waals surface area contributed by atoms with Gasteiger partial charge in [-0.3, -0.25) is 0 Å². The zero-order valence-electron chi connectivity index (χ0n) is 13.5. The predicted octanol–water partition coefficient (Wildman–Crippen LogP) is 5.18. The molecule has 0 amide bonds. The van der Waals surface area contributed by atoms with Gasteiger partial charge in [0, 0.05) is 5.02 Å². The molecule has 2 heteroatoms. The van der Waals surface area contributed by atoms with Crippen LogP contribution in [-0.4, -0.2) is 13.1 Å². The molecule has 0 radical (unpaired) electrons. The average Bonchev–Trinajstić information content (AvgIpc) is 2.39. The lowest BCUT2D eigenvalue weighted by atomic mass is 9.85. The first-order chi connectivity index (χ1) is 9.54. The number of benzene rings is 1. The maximum absolute atomic E-state index is 6.31. The van der Waals surface area contributed by atoms with Crippen LogP contribution in [0, 0.1) is 17.8 Å². The highest BCUT2D eigenvalue weighted by atomic mass is 35.5. The molecule has 1 rings (SSSR count). The molecule has 1 aromatic carbocycles. The van der Waals surface area contributed by atoms with Gasteiger partial charge < -0.3 is 5.32 Å². The van der Waals surface area contributed by atoms with Gasteiger partial charge in [-0.25, -0.2) is 0 Å². The lowest BCUT2D eigenvalue weighted by Gasteiger charge is -2.25. The number of halogens is 1. The third-order valence-electron chi connectivity index (χ3n) is 3.95. The summed E-state index contributed by atoms with van der Waals surface area (Å²) < 4.78 is 0. The van der Waals surface area contributed by atoms with Gasteiger partial charge >= 0.3 is 0 Å². The maximum atomic E-state index is 6.31. The molecule has 0 spiro atoms. The van der Waals surface area contributed by atoms with E-state index < -0.39 is 0 Å². The van der Waals surface area contributed by atoms with Crippen LogP contribution in [0.4, 0.5) is 0 Å². The molecule has 2 unspecified atom stereocenters. The molecule has 1 nitrogen and oxygen atoms in total. The first kappa shape index (κ1) is 17.5. The van der Waals surface area contributed by atoms with Crippen molar-refractivity contribution in [1.29, 1.82) is 0 Å². The summed E-state index contributed by atoms with van der Waals surface area (Å²) in [5.74, 6) is 2.10. The topological polar surface area (TPSA) is 12.0 Å². The molecule has 0 heterocycles. The molecule has 0 saturated carbocycles. The zero-order valence-corrected chi connectivity index (χ0v) is 14.2. The second-order valence-electron chi connectivity index (χ2n) is 6.37. The Morgan fingerprint density at radius 1 is 1.10 bits per heavy atom. The molecule has 0 fully saturated rings. The second-order valence-corrected chi connectivity index (χ2v) is 6.78. The average molecular weight is 296 g/mol. The van der Waals surface area contributed by atoms with E-state index in [1.165, 1.54) is 18.4 Å². The fraction of sp³-hybridized carbons (Fsp3) is 0.667. The Balaban J connectivity index is 2.64. The lowest BCUT2D eigenvalue weighted by Crippen LogP contribution is -2.31. The van der Waals surface area contributed by atoms with E-state index in [9.17, 15) is 0 Å². The highest BCUT2D eigenvalue weighted by Crippen LogP contribution is 2.25. The van der Waals surface area contributed by atoms with E-state index >= 15 is 0 Å². The first-order valence-electron chi connectivity index (χ1n) is 7.98. The van der Waals surface area contributed by atoms with Crippen LogP contribution in [0.2, 0.25) is 5.02 Å². The van der Waals surface area contributed by atoms with Crippen molar-refractivity contribution in [3.63, 3.8) is 0 Å². The summed E-state index contributed by atoms with van der Waals surface area (Å²) in [6, 6.07) is 8.26. The Morgan fingerprint density at radius 3 is 2.40 bits per heavy atom. The van der Waals surface area contributed by atoms with Gasteiger partial charge in [0.15, 0.2) is 0 Å². The summed E-state index contributed by atoms with van der Waals surface area (Å²) in [6.07, 6.45) is 3.62. The molecule has 114 valence electrons. The van der Waals surface area contributed by atoms with Crippen LogP contribution in [0.5, 0.6) is 0 Å². The monoisotopic (exact) mass is 295 g/mol. The van der Waals surface area contributed by atoms with E-state index in [1.54, 1.807) is 0 Å². The smallest absolute Gasteiger partial charge is 0.0438 e. The molecule has 1 aromatic rings. The van der Waals surface area contributed by atoms with Gasteiger partial charge in [0.05, 0.1) is 0 Å². The summed E-state index contributed by atoms with van der Waals surface area (Å²) >= 11 is 6.31. The molecule has 0 bridgehead atoms. The fourth-order valence-corrected chi connectivity index (χ4v) is 2.88. The van der Waals surface area contributed by atoms with E-state index in [1.807, 2.05) is 12.1 Å². The number of hydrogen-bond acceptors (Lipinski definition) is 1. The molecule has 0 aromatic heterocycles. The highest BCUT2D eigenvalue weighted by Gasteiger charge is 2.18. The summed E-state index contributed by atoms with van der Waals surface area (Å²) in [7, 11) is 0. The molecule has 1 N–H and O–H groups in total. The largest absolute Gasteiger partial charge is 0.316 e. The van der Waals surface area contributed by atoms with Gasteiger partial charge in [0.2, 0.25) is 0 Å². The minimum absolute atomic E-state index is 0.661. The van der Waals surface area contributed by atoms with Crippen molar-refractivity contribution in [2.75, 3.05) is 13.1 Å². The van der Waals surface area contributed by atoms with Crippen molar-refractivity contribution >= 4 is 11.6 Å². The quantitative estimate of drug-likeness (QED) is 0.662. The summed E-state index contributed by atoms with van der Waals surface area (Å²) in [6.45, 7) is 11.3. The van der Waals surface area contributed by atoms with E-state index in [-0.39, 0.29) is 0 Å². The Bertz CT molecular complexity index is 375. The van der Waals surface area contributed by atoms with Gasteiger partial charge in [-0.15, -0.1) is 0 Å². The van der Waals surface area contributed by atoms with Crippen molar-refractivity contribution in [3.05, 3.63) is 34.9 Å². The van der Waals surface area contributed by atoms with E-state index in [2.05, 4.69) is 45.1 Å². The first-order valence-corrected chi connectivity index (χ1v) is 8.36. The van der Waals surface area contributed by atoms with Crippen molar-refractivity contribution in [1.82, 2.24) is 5.32 Å². The van der Waals surface area contributed by atoms with Crippen LogP contribution in [0.15, 0.2) is 24.3 Å². The number of rotatable bonds is 9. The number of hydrogen-bond donors (Lipinski definition) is 1. The SMILES string of the molecule is CCCC(C)C(CNCC(C)C)Cc1ccccc1Cl. The molecule has 2 atom stereocenters. The fourth-order valence-electron chi connectivity index (χ4n) is 2.67. The number of nitrogens with one attached hydrogen (secondary N) is 1. The molecule has 0 aliphatic rings. The molecule has 20 heavy (non-hydrogen) atoms.